The molecule has 0 aromatic carbocycles. The summed E-state index contributed by atoms with van der Waals surface area (Å²) in [5, 5.41) is 2.91. The van der Waals surface area contributed by atoms with Crippen molar-refractivity contribution >= 4 is 11.8 Å². The summed E-state index contributed by atoms with van der Waals surface area (Å²) in [6.07, 6.45) is 3.57. The van der Waals surface area contributed by atoms with Gasteiger partial charge in [-0.25, -0.2) is 0 Å². The second-order valence-electron chi connectivity index (χ2n) is 6.52. The third kappa shape index (κ3) is 3.26. The number of ether oxygens (including phenoxy) is 1. The molecule has 1 saturated heterocycles. The third-order valence-electron chi connectivity index (χ3n) is 3.76. The van der Waals surface area contributed by atoms with E-state index in [1.807, 2.05) is 20.8 Å². The van der Waals surface area contributed by atoms with Crippen LogP contribution >= 0.6 is 0 Å². The Kier molecular flexibility index (Phi) is 3.85. The van der Waals surface area contributed by atoms with Crippen LogP contribution in [0, 0.1) is 0 Å². The van der Waals surface area contributed by atoms with Gasteiger partial charge in [0.25, 0.3) is 0 Å². The number of rotatable bonds is 3. The van der Waals surface area contributed by atoms with E-state index in [0.29, 0.717) is 13.2 Å². The van der Waals surface area contributed by atoms with E-state index in [1.165, 1.54) is 0 Å². The summed E-state index contributed by atoms with van der Waals surface area (Å²) in [5.41, 5.74) is -0.830. The predicted octanol–water partition coefficient (Wildman–Crippen LogP) is 1.07. The number of carbonyl (C=O) groups excluding carboxylic acids is 2. The van der Waals surface area contributed by atoms with Gasteiger partial charge in [0.05, 0.1) is 18.8 Å². The molecule has 0 unspecified atom stereocenters. The van der Waals surface area contributed by atoms with Crippen molar-refractivity contribution in [2.75, 3.05) is 19.7 Å². The molecule has 108 valence electrons. The fourth-order valence-corrected chi connectivity index (χ4v) is 2.87. The molecule has 2 rings (SSSR count). The molecule has 5 nitrogen and oxygen atoms in total. The molecule has 0 atom stereocenters. The van der Waals surface area contributed by atoms with Crippen LogP contribution in [0.1, 0.15) is 46.5 Å². The Bertz CT molecular complexity index is 367. The Morgan fingerprint density at radius 3 is 2.47 bits per heavy atom. The Labute approximate surface area is 114 Å². The first-order valence-electron chi connectivity index (χ1n) is 7.07. The van der Waals surface area contributed by atoms with Gasteiger partial charge in [-0.1, -0.05) is 12.8 Å². The summed E-state index contributed by atoms with van der Waals surface area (Å²) in [6, 6.07) is 0. The minimum atomic E-state index is -0.614. The quantitative estimate of drug-likeness (QED) is 0.833. The van der Waals surface area contributed by atoms with Crippen LogP contribution in [-0.2, 0) is 14.3 Å². The molecule has 2 amide bonds. The number of amides is 2. The van der Waals surface area contributed by atoms with E-state index >= 15 is 0 Å². The summed E-state index contributed by atoms with van der Waals surface area (Å²) in [7, 11) is 0. The van der Waals surface area contributed by atoms with Crippen LogP contribution in [0.2, 0.25) is 0 Å². The minimum Gasteiger partial charge on any atom is -0.374 e. The maximum atomic E-state index is 12.5. The first-order valence-corrected chi connectivity index (χ1v) is 7.07. The average Bonchev–Trinajstić information content (AvgIpc) is 2.73. The largest absolute Gasteiger partial charge is 0.374 e. The summed E-state index contributed by atoms with van der Waals surface area (Å²) >= 11 is 0. The number of hydrogen-bond acceptors (Lipinski definition) is 3. The Morgan fingerprint density at radius 2 is 1.89 bits per heavy atom. The zero-order valence-corrected chi connectivity index (χ0v) is 12.1. The van der Waals surface area contributed by atoms with Crippen molar-refractivity contribution in [1.82, 2.24) is 10.2 Å². The lowest BCUT2D eigenvalue weighted by Gasteiger charge is -2.40. The van der Waals surface area contributed by atoms with E-state index in [4.69, 9.17) is 4.74 Å². The molecule has 2 aliphatic rings. The fraction of sp³-hybridized carbons (Fsp3) is 0.857. The van der Waals surface area contributed by atoms with Crippen molar-refractivity contribution in [3.8, 4) is 0 Å². The van der Waals surface area contributed by atoms with Gasteiger partial charge < -0.3 is 15.0 Å². The summed E-state index contributed by atoms with van der Waals surface area (Å²) in [5.74, 6) is 0.0272. The van der Waals surface area contributed by atoms with Gasteiger partial charge in [0, 0.05) is 6.54 Å². The molecule has 1 heterocycles. The van der Waals surface area contributed by atoms with Gasteiger partial charge in [0.15, 0.2) is 0 Å². The normalized spacial score (nSPS) is 23.0. The van der Waals surface area contributed by atoms with Crippen LogP contribution in [0.15, 0.2) is 0 Å². The molecule has 1 aliphatic heterocycles. The predicted molar refractivity (Wildman–Crippen MR) is 71.6 cm³/mol. The van der Waals surface area contributed by atoms with Crippen molar-refractivity contribution in [3.05, 3.63) is 0 Å². The van der Waals surface area contributed by atoms with Crippen molar-refractivity contribution in [1.29, 1.82) is 0 Å². The van der Waals surface area contributed by atoms with Crippen LogP contribution in [0.5, 0.6) is 0 Å². The maximum absolute atomic E-state index is 12.5. The van der Waals surface area contributed by atoms with E-state index < -0.39 is 5.54 Å². The minimum absolute atomic E-state index is 0.0442. The molecule has 1 aliphatic carbocycles. The zero-order valence-electron chi connectivity index (χ0n) is 12.1. The smallest absolute Gasteiger partial charge is 0.248 e. The highest BCUT2D eigenvalue weighted by Gasteiger charge is 2.48. The molecule has 5 heteroatoms. The monoisotopic (exact) mass is 268 g/mol. The van der Waals surface area contributed by atoms with Gasteiger partial charge in [-0.3, -0.25) is 9.59 Å². The van der Waals surface area contributed by atoms with E-state index in [2.05, 4.69) is 5.32 Å². The van der Waals surface area contributed by atoms with E-state index in [9.17, 15) is 9.59 Å². The molecule has 0 bridgehead atoms. The molecule has 19 heavy (non-hydrogen) atoms. The lowest BCUT2D eigenvalue weighted by Crippen LogP contribution is -2.65. The van der Waals surface area contributed by atoms with Crippen LogP contribution < -0.4 is 5.32 Å². The Balaban J connectivity index is 1.96. The van der Waals surface area contributed by atoms with Crippen LogP contribution in [-0.4, -0.2) is 47.6 Å². The molecule has 1 N–H and O–H groups in total. The SMILES string of the molecule is CC(C)(C)OCCN1CC(=O)NC2(CCCC2)C1=O. The maximum Gasteiger partial charge on any atom is 0.248 e. The molecule has 2 fully saturated rings. The highest BCUT2D eigenvalue weighted by Crippen LogP contribution is 2.33. The van der Waals surface area contributed by atoms with Crippen molar-refractivity contribution < 1.29 is 14.3 Å². The summed E-state index contributed by atoms with van der Waals surface area (Å²) in [4.78, 5) is 25.9. The second kappa shape index (κ2) is 5.12. The number of nitrogens with zero attached hydrogens (tertiary/aromatic N) is 1. The van der Waals surface area contributed by atoms with Crippen molar-refractivity contribution in [3.63, 3.8) is 0 Å². The number of carbonyl (C=O) groups is 2. The van der Waals surface area contributed by atoms with E-state index in [1.54, 1.807) is 4.90 Å². The average molecular weight is 268 g/mol. The van der Waals surface area contributed by atoms with Gasteiger partial charge in [-0.15, -0.1) is 0 Å². The molecule has 0 aromatic rings. The topological polar surface area (TPSA) is 58.6 Å². The van der Waals surface area contributed by atoms with Gasteiger partial charge in [0.2, 0.25) is 11.8 Å². The molecule has 0 aromatic heterocycles. The highest BCUT2D eigenvalue weighted by molar-refractivity contribution is 5.98. The molecule has 1 spiro atoms. The lowest BCUT2D eigenvalue weighted by molar-refractivity contribution is -0.151. The van der Waals surface area contributed by atoms with Gasteiger partial charge in [-0.05, 0) is 33.6 Å². The third-order valence-corrected chi connectivity index (χ3v) is 3.76. The number of nitrogens with one attached hydrogen (secondary N) is 1. The lowest BCUT2D eigenvalue weighted by atomic mass is 9.93. The molecule has 1 saturated carbocycles. The van der Waals surface area contributed by atoms with Crippen molar-refractivity contribution in [2.45, 2.75) is 57.6 Å². The van der Waals surface area contributed by atoms with Gasteiger partial charge in [0.1, 0.15) is 5.54 Å². The molecule has 0 radical (unpaired) electrons. The van der Waals surface area contributed by atoms with E-state index in [0.717, 1.165) is 25.7 Å². The zero-order chi connectivity index (χ0) is 14.1. The number of piperazine rings is 1. The fourth-order valence-electron chi connectivity index (χ4n) is 2.87. The molecular weight excluding hydrogens is 244 g/mol. The van der Waals surface area contributed by atoms with Crippen molar-refractivity contribution in [2.24, 2.45) is 0 Å². The summed E-state index contributed by atoms with van der Waals surface area (Å²) in [6.45, 7) is 7.07. The highest BCUT2D eigenvalue weighted by atomic mass is 16.5. The van der Waals surface area contributed by atoms with Crippen LogP contribution in [0.25, 0.3) is 0 Å². The number of hydrogen-bond donors (Lipinski definition) is 1. The van der Waals surface area contributed by atoms with Gasteiger partial charge >= 0.3 is 0 Å². The molecular formula is C14H24N2O3. The van der Waals surface area contributed by atoms with E-state index in [-0.39, 0.29) is 24.0 Å². The van der Waals surface area contributed by atoms with Crippen LogP contribution in [0.4, 0.5) is 0 Å². The standard InChI is InChI=1S/C14H24N2O3/c1-13(2,3)19-9-8-16-10-11(17)15-14(12(16)18)6-4-5-7-14/h4-10H2,1-3H3,(H,15,17). The first-order chi connectivity index (χ1) is 8.82. The second-order valence-corrected chi connectivity index (χ2v) is 6.52. The Morgan fingerprint density at radius 1 is 1.26 bits per heavy atom. The Hall–Kier alpha value is -1.10. The van der Waals surface area contributed by atoms with Gasteiger partial charge in [-0.2, -0.15) is 0 Å². The van der Waals surface area contributed by atoms with Crippen LogP contribution in [0.3, 0.4) is 0 Å². The first kappa shape index (κ1) is 14.3. The summed E-state index contributed by atoms with van der Waals surface area (Å²) < 4.78 is 5.64.